The van der Waals surface area contributed by atoms with Crippen LogP contribution in [0.4, 0.5) is 4.79 Å². The second-order valence-corrected chi connectivity index (χ2v) is 9.30. The molecule has 0 bridgehead atoms. The van der Waals surface area contributed by atoms with Gasteiger partial charge in [-0.25, -0.2) is 4.79 Å². The molecule has 0 saturated carbocycles. The SMILES string of the molecule is Cc1cc(Cl)cc(COC(=O)N2CC3(CCN(C(=O)c4ccc5n[nH]nc5c4)CC3)C2)c1. The van der Waals surface area contributed by atoms with E-state index in [1.807, 2.05) is 30.0 Å². The molecule has 2 aliphatic heterocycles. The van der Waals surface area contributed by atoms with E-state index in [2.05, 4.69) is 15.4 Å². The predicted molar refractivity (Wildman–Crippen MR) is 119 cm³/mol. The van der Waals surface area contributed by atoms with Gasteiger partial charge in [-0.3, -0.25) is 4.79 Å². The number of hydrogen-bond acceptors (Lipinski definition) is 5. The molecule has 2 fully saturated rings. The van der Waals surface area contributed by atoms with E-state index in [1.54, 1.807) is 23.1 Å². The molecule has 1 spiro atoms. The minimum Gasteiger partial charge on any atom is -0.445 e. The Kier molecular flexibility index (Phi) is 5.25. The Balaban J connectivity index is 1.11. The Labute approximate surface area is 190 Å². The van der Waals surface area contributed by atoms with Gasteiger partial charge in [0.15, 0.2) is 0 Å². The summed E-state index contributed by atoms with van der Waals surface area (Å²) in [5, 5.41) is 11.3. The van der Waals surface area contributed by atoms with E-state index in [0.29, 0.717) is 42.3 Å². The number of piperidine rings is 1. The third-order valence-electron chi connectivity index (χ3n) is 6.45. The van der Waals surface area contributed by atoms with Crippen LogP contribution < -0.4 is 0 Å². The number of aryl methyl sites for hydroxylation is 1. The van der Waals surface area contributed by atoms with E-state index in [9.17, 15) is 9.59 Å². The molecule has 0 unspecified atom stereocenters. The fourth-order valence-corrected chi connectivity index (χ4v) is 4.99. The van der Waals surface area contributed by atoms with E-state index in [1.165, 1.54) is 0 Å². The maximum absolute atomic E-state index is 12.9. The van der Waals surface area contributed by atoms with Crippen LogP contribution in [0.5, 0.6) is 0 Å². The molecule has 1 aromatic heterocycles. The van der Waals surface area contributed by atoms with Crippen molar-refractivity contribution in [3.05, 3.63) is 58.1 Å². The Morgan fingerprint density at radius 1 is 1.06 bits per heavy atom. The zero-order valence-electron chi connectivity index (χ0n) is 17.8. The predicted octanol–water partition coefficient (Wildman–Crippen LogP) is 3.79. The van der Waals surface area contributed by atoms with Crippen LogP contribution in [0.2, 0.25) is 5.02 Å². The molecule has 9 heteroatoms. The van der Waals surface area contributed by atoms with Gasteiger partial charge < -0.3 is 14.5 Å². The number of nitrogens with zero attached hydrogens (tertiary/aromatic N) is 4. The first kappa shape index (κ1) is 20.8. The number of aromatic amines is 1. The number of amides is 2. The highest BCUT2D eigenvalue weighted by atomic mass is 35.5. The van der Waals surface area contributed by atoms with Crippen LogP contribution in [0.1, 0.15) is 34.3 Å². The van der Waals surface area contributed by atoms with Crippen molar-refractivity contribution in [1.82, 2.24) is 25.2 Å². The highest BCUT2D eigenvalue weighted by Crippen LogP contribution is 2.41. The minimum atomic E-state index is -0.298. The third-order valence-corrected chi connectivity index (χ3v) is 6.67. The molecule has 0 aliphatic carbocycles. The number of fused-ring (bicyclic) bond motifs is 1. The van der Waals surface area contributed by atoms with Crippen LogP contribution in [-0.2, 0) is 11.3 Å². The number of ether oxygens (including phenoxy) is 1. The molecule has 2 saturated heterocycles. The van der Waals surface area contributed by atoms with Gasteiger partial charge in [0, 0.05) is 42.2 Å². The van der Waals surface area contributed by atoms with Crippen molar-refractivity contribution in [2.24, 2.45) is 5.41 Å². The first-order valence-electron chi connectivity index (χ1n) is 10.7. The Morgan fingerprint density at radius 2 is 1.81 bits per heavy atom. The fourth-order valence-electron chi connectivity index (χ4n) is 4.68. The van der Waals surface area contributed by atoms with Crippen molar-refractivity contribution >= 4 is 34.6 Å². The van der Waals surface area contributed by atoms with E-state index < -0.39 is 0 Å². The lowest BCUT2D eigenvalue weighted by Crippen LogP contribution is -2.62. The van der Waals surface area contributed by atoms with Crippen LogP contribution in [0, 0.1) is 12.3 Å². The number of hydrogen-bond donors (Lipinski definition) is 1. The molecule has 3 aromatic rings. The van der Waals surface area contributed by atoms with Gasteiger partial charge in [-0.2, -0.15) is 15.4 Å². The fraction of sp³-hybridized carbons (Fsp3) is 0.391. The quantitative estimate of drug-likeness (QED) is 0.651. The second-order valence-electron chi connectivity index (χ2n) is 8.87. The molecular formula is C23H24ClN5O3. The van der Waals surface area contributed by atoms with Crippen molar-refractivity contribution in [2.75, 3.05) is 26.2 Å². The molecule has 2 aromatic carbocycles. The summed E-state index contributed by atoms with van der Waals surface area (Å²) >= 11 is 6.07. The van der Waals surface area contributed by atoms with Crippen molar-refractivity contribution in [2.45, 2.75) is 26.4 Å². The number of nitrogens with one attached hydrogen (secondary N) is 1. The zero-order valence-corrected chi connectivity index (χ0v) is 18.6. The van der Waals surface area contributed by atoms with Gasteiger partial charge in [0.25, 0.3) is 5.91 Å². The molecule has 32 heavy (non-hydrogen) atoms. The van der Waals surface area contributed by atoms with E-state index in [4.69, 9.17) is 16.3 Å². The number of benzene rings is 2. The lowest BCUT2D eigenvalue weighted by molar-refractivity contribution is -0.0392. The third kappa shape index (κ3) is 4.02. The highest BCUT2D eigenvalue weighted by Gasteiger charge is 2.47. The van der Waals surface area contributed by atoms with Gasteiger partial charge in [0.05, 0.1) is 0 Å². The van der Waals surface area contributed by atoms with E-state index in [-0.39, 0.29) is 24.0 Å². The molecular weight excluding hydrogens is 430 g/mol. The molecule has 8 nitrogen and oxygen atoms in total. The van der Waals surface area contributed by atoms with Crippen LogP contribution in [0.15, 0.2) is 36.4 Å². The summed E-state index contributed by atoms with van der Waals surface area (Å²) in [5.41, 5.74) is 4.05. The number of halogens is 1. The van der Waals surface area contributed by atoms with Crippen molar-refractivity contribution in [3.8, 4) is 0 Å². The maximum Gasteiger partial charge on any atom is 0.410 e. The average Bonchev–Trinajstić information content (AvgIpc) is 3.23. The van der Waals surface area contributed by atoms with Gasteiger partial charge >= 0.3 is 6.09 Å². The first-order valence-corrected chi connectivity index (χ1v) is 11.1. The van der Waals surface area contributed by atoms with Gasteiger partial charge in [-0.1, -0.05) is 17.7 Å². The number of carbonyl (C=O) groups excluding carboxylic acids is 2. The molecule has 0 radical (unpaired) electrons. The summed E-state index contributed by atoms with van der Waals surface area (Å²) in [6.07, 6.45) is 1.46. The standard InChI is InChI=1S/C23H24ClN5O3/c1-15-8-16(10-18(24)9-15)12-32-22(31)29-13-23(14-29)4-6-28(7-5-23)21(30)17-2-3-19-20(11-17)26-27-25-19/h2-3,8-11H,4-7,12-14H2,1H3,(H,25,26,27). The van der Waals surface area contributed by atoms with Gasteiger partial charge in [0.1, 0.15) is 17.6 Å². The Morgan fingerprint density at radius 3 is 2.56 bits per heavy atom. The molecule has 3 heterocycles. The lowest BCUT2D eigenvalue weighted by Gasteiger charge is -2.53. The topological polar surface area (TPSA) is 91.4 Å². The van der Waals surface area contributed by atoms with Gasteiger partial charge in [0.2, 0.25) is 0 Å². The second kappa shape index (κ2) is 8.09. The highest BCUT2D eigenvalue weighted by molar-refractivity contribution is 6.30. The van der Waals surface area contributed by atoms with Gasteiger partial charge in [-0.05, 0) is 61.2 Å². The van der Waals surface area contributed by atoms with Crippen LogP contribution >= 0.6 is 11.6 Å². The normalized spacial score (nSPS) is 17.4. The molecule has 1 N–H and O–H groups in total. The van der Waals surface area contributed by atoms with Crippen molar-refractivity contribution in [3.63, 3.8) is 0 Å². The molecule has 166 valence electrons. The van der Waals surface area contributed by atoms with Crippen molar-refractivity contribution in [1.29, 1.82) is 0 Å². The average molecular weight is 454 g/mol. The zero-order chi connectivity index (χ0) is 22.3. The van der Waals surface area contributed by atoms with Crippen molar-refractivity contribution < 1.29 is 14.3 Å². The minimum absolute atomic E-state index is 0.0113. The summed E-state index contributed by atoms with van der Waals surface area (Å²) in [6.45, 7) is 4.88. The molecule has 5 rings (SSSR count). The molecule has 2 amide bonds. The monoisotopic (exact) mass is 453 g/mol. The number of aromatic nitrogens is 3. The van der Waals surface area contributed by atoms with E-state index in [0.717, 1.165) is 29.5 Å². The van der Waals surface area contributed by atoms with Gasteiger partial charge in [-0.15, -0.1) is 0 Å². The van der Waals surface area contributed by atoms with Crippen LogP contribution in [0.3, 0.4) is 0 Å². The van der Waals surface area contributed by atoms with Crippen LogP contribution in [0.25, 0.3) is 11.0 Å². The number of rotatable bonds is 3. The maximum atomic E-state index is 12.9. The van der Waals surface area contributed by atoms with E-state index >= 15 is 0 Å². The number of carbonyl (C=O) groups is 2. The molecule has 2 aliphatic rings. The summed E-state index contributed by atoms with van der Waals surface area (Å²) < 4.78 is 5.47. The summed E-state index contributed by atoms with van der Waals surface area (Å²) in [7, 11) is 0. The summed E-state index contributed by atoms with van der Waals surface area (Å²) in [6, 6.07) is 11.0. The lowest BCUT2D eigenvalue weighted by atomic mass is 9.72. The Bertz CT molecular complexity index is 1160. The summed E-state index contributed by atoms with van der Waals surface area (Å²) in [4.78, 5) is 29.0. The smallest absolute Gasteiger partial charge is 0.410 e. The van der Waals surface area contributed by atoms with Crippen LogP contribution in [-0.4, -0.2) is 63.4 Å². The number of H-pyrrole nitrogens is 1. The summed E-state index contributed by atoms with van der Waals surface area (Å²) in [5.74, 6) is 0.0113. The molecule has 0 atom stereocenters. The largest absolute Gasteiger partial charge is 0.445 e. The Hall–Kier alpha value is -3.13. The first-order chi connectivity index (χ1) is 15.4. The number of likely N-dealkylation sites (tertiary alicyclic amines) is 2.